The average Bonchev–Trinajstić information content (AvgIpc) is 2.47. The molecule has 0 unspecified atom stereocenters. The van der Waals surface area contributed by atoms with Crippen molar-refractivity contribution in [3.63, 3.8) is 0 Å². The molecule has 0 amide bonds. The van der Waals surface area contributed by atoms with Gasteiger partial charge in [0.2, 0.25) is 0 Å². The summed E-state index contributed by atoms with van der Waals surface area (Å²) in [5.41, 5.74) is 1.01. The molecule has 0 saturated carbocycles. The van der Waals surface area contributed by atoms with Crippen LogP contribution in [0.15, 0.2) is 30.3 Å². The van der Waals surface area contributed by atoms with Crippen LogP contribution < -0.4 is 0 Å². The monoisotopic (exact) mass is 264 g/mol. The quantitative estimate of drug-likeness (QED) is 0.457. The summed E-state index contributed by atoms with van der Waals surface area (Å²) in [6.07, 6.45) is 9.97. The van der Waals surface area contributed by atoms with Gasteiger partial charge in [0.05, 0.1) is 0 Å². The third-order valence-electron chi connectivity index (χ3n) is 2.87. The van der Waals surface area contributed by atoms with E-state index < -0.39 is 0 Å². The fourth-order valence-electron chi connectivity index (χ4n) is 1.73. The number of benzene rings is 1. The number of carbonyl (C=O) groups excluding carboxylic acids is 1. The third kappa shape index (κ3) is 12.9. The van der Waals surface area contributed by atoms with E-state index in [9.17, 15) is 4.79 Å². The molecular weight excluding hydrogens is 236 g/mol. The number of rotatable bonds is 9. The predicted molar refractivity (Wildman–Crippen MR) is 81.0 cm³/mol. The van der Waals surface area contributed by atoms with E-state index in [1.807, 2.05) is 30.3 Å². The normalized spacial score (nSPS) is 9.37. The van der Waals surface area contributed by atoms with E-state index in [0.717, 1.165) is 5.56 Å². The van der Waals surface area contributed by atoms with Crippen molar-refractivity contribution < 1.29 is 9.53 Å². The van der Waals surface area contributed by atoms with Crippen LogP contribution >= 0.6 is 0 Å². The first-order chi connectivity index (χ1) is 9.35. The molecule has 0 aliphatic carbocycles. The molecule has 0 spiro atoms. The molecule has 0 fully saturated rings. The van der Waals surface area contributed by atoms with Crippen molar-refractivity contribution in [1.29, 1.82) is 0 Å². The Hall–Kier alpha value is -1.31. The lowest BCUT2D eigenvalue weighted by Crippen LogP contribution is -1.88. The summed E-state index contributed by atoms with van der Waals surface area (Å²) in [6.45, 7) is 5.34. The SMILES string of the molecule is CCCCCCCCC.O=COCc1ccccc1. The van der Waals surface area contributed by atoms with Gasteiger partial charge in [-0.2, -0.15) is 0 Å². The first kappa shape index (κ1) is 17.7. The molecule has 0 aromatic heterocycles. The van der Waals surface area contributed by atoms with E-state index in [0.29, 0.717) is 13.1 Å². The Labute approximate surface area is 118 Å². The van der Waals surface area contributed by atoms with Crippen molar-refractivity contribution in [1.82, 2.24) is 0 Å². The summed E-state index contributed by atoms with van der Waals surface area (Å²) >= 11 is 0. The Morgan fingerprint density at radius 1 is 0.895 bits per heavy atom. The maximum atomic E-state index is 9.76. The van der Waals surface area contributed by atoms with Crippen LogP contribution in [0.25, 0.3) is 0 Å². The van der Waals surface area contributed by atoms with Gasteiger partial charge in [-0.25, -0.2) is 0 Å². The van der Waals surface area contributed by atoms with E-state index in [1.54, 1.807) is 0 Å². The summed E-state index contributed by atoms with van der Waals surface area (Å²) in [4.78, 5) is 9.76. The zero-order valence-corrected chi connectivity index (χ0v) is 12.4. The van der Waals surface area contributed by atoms with Crippen LogP contribution in [0.5, 0.6) is 0 Å². The van der Waals surface area contributed by atoms with Crippen LogP contribution in [0.2, 0.25) is 0 Å². The highest BCUT2D eigenvalue weighted by Gasteiger charge is 1.87. The maximum absolute atomic E-state index is 9.76. The second-order valence-electron chi connectivity index (χ2n) is 4.66. The van der Waals surface area contributed by atoms with Crippen molar-refractivity contribution >= 4 is 6.47 Å². The van der Waals surface area contributed by atoms with Gasteiger partial charge < -0.3 is 4.74 Å². The van der Waals surface area contributed by atoms with Gasteiger partial charge in [0.15, 0.2) is 0 Å². The van der Waals surface area contributed by atoms with E-state index in [1.165, 1.54) is 44.9 Å². The molecule has 0 N–H and O–H groups in total. The predicted octanol–water partition coefficient (Wildman–Crippen LogP) is 5.12. The van der Waals surface area contributed by atoms with Crippen LogP contribution in [-0.2, 0) is 16.1 Å². The smallest absolute Gasteiger partial charge is 0.293 e. The van der Waals surface area contributed by atoms with E-state index in [2.05, 4.69) is 18.6 Å². The van der Waals surface area contributed by atoms with Crippen molar-refractivity contribution in [2.75, 3.05) is 0 Å². The molecule has 1 aromatic carbocycles. The minimum absolute atomic E-state index is 0.365. The van der Waals surface area contributed by atoms with Crippen LogP contribution in [0, 0.1) is 0 Å². The highest BCUT2D eigenvalue weighted by Crippen LogP contribution is 2.05. The third-order valence-corrected chi connectivity index (χ3v) is 2.87. The second-order valence-corrected chi connectivity index (χ2v) is 4.66. The summed E-state index contributed by atoms with van der Waals surface area (Å²) in [5, 5.41) is 0. The molecule has 0 bridgehead atoms. The van der Waals surface area contributed by atoms with Crippen molar-refractivity contribution in [2.45, 2.75) is 65.4 Å². The van der Waals surface area contributed by atoms with Gasteiger partial charge in [-0.1, -0.05) is 89.1 Å². The van der Waals surface area contributed by atoms with Gasteiger partial charge in [-0.3, -0.25) is 4.79 Å². The fourth-order valence-corrected chi connectivity index (χ4v) is 1.73. The average molecular weight is 264 g/mol. The Morgan fingerprint density at radius 2 is 1.42 bits per heavy atom. The largest absolute Gasteiger partial charge is 0.463 e. The second kappa shape index (κ2) is 14.7. The van der Waals surface area contributed by atoms with Crippen LogP contribution in [0.4, 0.5) is 0 Å². The summed E-state index contributed by atoms with van der Waals surface area (Å²) in [7, 11) is 0. The highest BCUT2D eigenvalue weighted by atomic mass is 16.5. The minimum atomic E-state index is 0.365. The Kier molecular flexibility index (Phi) is 13.7. The summed E-state index contributed by atoms with van der Waals surface area (Å²) in [5.74, 6) is 0. The molecular formula is C17H28O2. The molecule has 0 atom stereocenters. The lowest BCUT2D eigenvalue weighted by atomic mass is 10.1. The lowest BCUT2D eigenvalue weighted by molar-refractivity contribution is -0.129. The zero-order valence-electron chi connectivity index (χ0n) is 12.4. The van der Waals surface area contributed by atoms with Crippen molar-refractivity contribution in [2.24, 2.45) is 0 Å². The first-order valence-corrected chi connectivity index (χ1v) is 7.44. The van der Waals surface area contributed by atoms with Gasteiger partial charge in [-0.15, -0.1) is 0 Å². The van der Waals surface area contributed by atoms with Gasteiger partial charge in [0.25, 0.3) is 6.47 Å². The maximum Gasteiger partial charge on any atom is 0.293 e. The molecule has 1 rings (SSSR count). The number of carbonyl (C=O) groups is 1. The Balaban J connectivity index is 0.000000344. The van der Waals surface area contributed by atoms with Gasteiger partial charge in [-0.05, 0) is 5.56 Å². The summed E-state index contributed by atoms with van der Waals surface area (Å²) < 4.78 is 4.54. The summed E-state index contributed by atoms with van der Waals surface area (Å²) in [6, 6.07) is 9.55. The zero-order chi connectivity index (χ0) is 14.2. The molecule has 2 heteroatoms. The number of hydrogen-bond donors (Lipinski definition) is 0. The molecule has 19 heavy (non-hydrogen) atoms. The Morgan fingerprint density at radius 3 is 1.89 bits per heavy atom. The molecule has 2 nitrogen and oxygen atoms in total. The van der Waals surface area contributed by atoms with E-state index in [4.69, 9.17) is 0 Å². The molecule has 108 valence electrons. The number of unbranched alkanes of at least 4 members (excludes halogenated alkanes) is 6. The van der Waals surface area contributed by atoms with Crippen LogP contribution in [0.1, 0.15) is 64.4 Å². The molecule has 0 heterocycles. The molecule has 0 aliphatic heterocycles. The topological polar surface area (TPSA) is 26.3 Å². The van der Waals surface area contributed by atoms with Gasteiger partial charge in [0, 0.05) is 0 Å². The van der Waals surface area contributed by atoms with Gasteiger partial charge in [0.1, 0.15) is 6.61 Å². The molecule has 0 saturated heterocycles. The molecule has 0 aliphatic rings. The number of hydrogen-bond acceptors (Lipinski definition) is 2. The van der Waals surface area contributed by atoms with Gasteiger partial charge >= 0.3 is 0 Å². The molecule has 1 aromatic rings. The van der Waals surface area contributed by atoms with Crippen LogP contribution in [-0.4, -0.2) is 6.47 Å². The standard InChI is InChI=1S/C9H20.C8H8O2/c1-3-5-7-9-8-6-4-2;9-7-10-6-8-4-2-1-3-5-8/h3-9H2,1-2H3;1-5,7H,6H2. The fraction of sp³-hybridized carbons (Fsp3) is 0.588. The van der Waals surface area contributed by atoms with Crippen molar-refractivity contribution in [3.8, 4) is 0 Å². The van der Waals surface area contributed by atoms with Crippen LogP contribution in [0.3, 0.4) is 0 Å². The Bertz CT molecular complexity index is 277. The lowest BCUT2D eigenvalue weighted by Gasteiger charge is -1.96. The van der Waals surface area contributed by atoms with E-state index in [-0.39, 0.29) is 0 Å². The number of ether oxygens (including phenoxy) is 1. The first-order valence-electron chi connectivity index (χ1n) is 7.44. The van der Waals surface area contributed by atoms with Crippen molar-refractivity contribution in [3.05, 3.63) is 35.9 Å². The molecule has 0 radical (unpaired) electrons. The minimum Gasteiger partial charge on any atom is -0.463 e. The van der Waals surface area contributed by atoms with E-state index >= 15 is 0 Å². The highest BCUT2D eigenvalue weighted by molar-refractivity contribution is 5.37.